The standard InChI is InChI=1S/C15H16N4OS/c1-18(15(20)14-12(8-16)4-7-21-14)9-11-2-3-13-17-5-6-19(13)10-11/h4-7,11H,2-3,9-10H2,1H3/t11-/m0/s1. The van der Waals surface area contributed by atoms with E-state index in [1.54, 1.807) is 16.3 Å². The molecule has 0 bridgehead atoms. The maximum Gasteiger partial charge on any atom is 0.265 e. The van der Waals surface area contributed by atoms with Gasteiger partial charge in [0, 0.05) is 39.0 Å². The fourth-order valence-corrected chi connectivity index (χ4v) is 3.63. The number of carbonyl (C=O) groups excluding carboxylic acids is 1. The van der Waals surface area contributed by atoms with E-state index in [0.717, 1.165) is 25.2 Å². The predicted octanol–water partition coefficient (Wildman–Crippen LogP) is 2.15. The van der Waals surface area contributed by atoms with E-state index in [1.807, 2.05) is 19.4 Å². The Kier molecular flexibility index (Phi) is 3.76. The van der Waals surface area contributed by atoms with Crippen molar-refractivity contribution in [2.75, 3.05) is 13.6 Å². The molecule has 0 saturated carbocycles. The van der Waals surface area contributed by atoms with Gasteiger partial charge in [0.2, 0.25) is 0 Å². The number of hydrogen-bond donors (Lipinski definition) is 0. The number of hydrogen-bond acceptors (Lipinski definition) is 4. The third-order valence-corrected chi connectivity index (χ3v) is 4.79. The summed E-state index contributed by atoms with van der Waals surface area (Å²) in [5, 5.41) is 10.8. The van der Waals surface area contributed by atoms with Gasteiger partial charge in [-0.1, -0.05) is 0 Å². The molecule has 5 nitrogen and oxygen atoms in total. The molecular weight excluding hydrogens is 284 g/mol. The molecule has 0 N–H and O–H groups in total. The normalized spacial score (nSPS) is 17.0. The van der Waals surface area contributed by atoms with Gasteiger partial charge >= 0.3 is 0 Å². The molecule has 21 heavy (non-hydrogen) atoms. The summed E-state index contributed by atoms with van der Waals surface area (Å²) in [5.74, 6) is 1.51. The molecule has 1 aliphatic rings. The summed E-state index contributed by atoms with van der Waals surface area (Å²) in [6, 6.07) is 3.77. The highest BCUT2D eigenvalue weighted by molar-refractivity contribution is 7.12. The average molecular weight is 300 g/mol. The van der Waals surface area contributed by atoms with E-state index in [4.69, 9.17) is 5.26 Å². The zero-order valence-electron chi connectivity index (χ0n) is 11.8. The van der Waals surface area contributed by atoms with Crippen LogP contribution in [-0.2, 0) is 13.0 Å². The van der Waals surface area contributed by atoms with Gasteiger partial charge in [0.05, 0.1) is 5.56 Å². The van der Waals surface area contributed by atoms with E-state index in [0.29, 0.717) is 22.9 Å². The Hall–Kier alpha value is -2.13. The lowest BCUT2D eigenvalue weighted by atomic mass is 9.99. The van der Waals surface area contributed by atoms with Crippen molar-refractivity contribution in [2.45, 2.75) is 19.4 Å². The van der Waals surface area contributed by atoms with Crippen LogP contribution >= 0.6 is 11.3 Å². The van der Waals surface area contributed by atoms with Crippen LogP contribution in [0.4, 0.5) is 0 Å². The van der Waals surface area contributed by atoms with E-state index >= 15 is 0 Å². The summed E-state index contributed by atoms with van der Waals surface area (Å²) < 4.78 is 2.17. The van der Waals surface area contributed by atoms with Gasteiger partial charge in [-0.2, -0.15) is 5.26 Å². The molecule has 1 aliphatic heterocycles. The second-order valence-corrected chi connectivity index (χ2v) is 6.28. The van der Waals surface area contributed by atoms with Crippen molar-refractivity contribution in [1.29, 1.82) is 5.26 Å². The van der Waals surface area contributed by atoms with Gasteiger partial charge in [-0.05, 0) is 23.8 Å². The number of nitrogens with zero attached hydrogens (tertiary/aromatic N) is 4. The smallest absolute Gasteiger partial charge is 0.265 e. The second-order valence-electron chi connectivity index (χ2n) is 5.36. The molecule has 6 heteroatoms. The first-order chi connectivity index (χ1) is 10.2. The monoisotopic (exact) mass is 300 g/mol. The zero-order chi connectivity index (χ0) is 14.8. The fraction of sp³-hybridized carbons (Fsp3) is 0.400. The lowest BCUT2D eigenvalue weighted by Gasteiger charge is -2.28. The first-order valence-corrected chi connectivity index (χ1v) is 7.80. The summed E-state index contributed by atoms with van der Waals surface area (Å²) in [6.45, 7) is 1.61. The summed E-state index contributed by atoms with van der Waals surface area (Å²) >= 11 is 1.33. The van der Waals surface area contributed by atoms with E-state index in [9.17, 15) is 4.79 Å². The number of thiophene rings is 1. The molecule has 2 aromatic heterocycles. The number of amides is 1. The molecule has 3 heterocycles. The largest absolute Gasteiger partial charge is 0.341 e. The number of aryl methyl sites for hydroxylation is 1. The van der Waals surface area contributed by atoms with Crippen molar-refractivity contribution in [3.05, 3.63) is 40.1 Å². The van der Waals surface area contributed by atoms with Crippen molar-refractivity contribution in [3.8, 4) is 6.07 Å². The molecule has 1 atom stereocenters. The summed E-state index contributed by atoms with van der Waals surface area (Å²) in [5.41, 5.74) is 0.470. The quantitative estimate of drug-likeness (QED) is 0.872. The molecular formula is C15H16N4OS. The Morgan fingerprint density at radius 3 is 3.33 bits per heavy atom. The van der Waals surface area contributed by atoms with Crippen LogP contribution in [0.25, 0.3) is 0 Å². The van der Waals surface area contributed by atoms with E-state index in [-0.39, 0.29) is 5.91 Å². The number of imidazole rings is 1. The Bertz CT molecular complexity index is 697. The van der Waals surface area contributed by atoms with Crippen molar-refractivity contribution >= 4 is 17.2 Å². The topological polar surface area (TPSA) is 61.9 Å². The molecule has 0 aliphatic carbocycles. The number of aromatic nitrogens is 2. The molecule has 0 aromatic carbocycles. The summed E-state index contributed by atoms with van der Waals surface area (Å²) in [4.78, 5) is 19.0. The second kappa shape index (κ2) is 5.70. The Balaban J connectivity index is 1.66. The van der Waals surface area contributed by atoms with E-state index in [1.165, 1.54) is 11.3 Å². The molecule has 0 spiro atoms. The van der Waals surface area contributed by atoms with E-state index < -0.39 is 0 Å². The summed E-state index contributed by atoms with van der Waals surface area (Å²) in [6.07, 6.45) is 5.83. The number of nitriles is 1. The van der Waals surface area contributed by atoms with Gasteiger partial charge in [-0.25, -0.2) is 4.98 Å². The van der Waals surface area contributed by atoms with E-state index in [2.05, 4.69) is 15.6 Å². The van der Waals surface area contributed by atoms with Crippen molar-refractivity contribution in [2.24, 2.45) is 5.92 Å². The highest BCUT2D eigenvalue weighted by Gasteiger charge is 2.24. The van der Waals surface area contributed by atoms with Crippen LogP contribution in [-0.4, -0.2) is 34.0 Å². The van der Waals surface area contributed by atoms with Crippen molar-refractivity contribution < 1.29 is 4.79 Å². The van der Waals surface area contributed by atoms with Gasteiger partial charge in [0.25, 0.3) is 5.91 Å². The molecule has 0 radical (unpaired) electrons. The Labute approximate surface area is 127 Å². The number of carbonyl (C=O) groups is 1. The number of fused-ring (bicyclic) bond motifs is 1. The summed E-state index contributed by atoms with van der Waals surface area (Å²) in [7, 11) is 1.81. The molecule has 3 rings (SSSR count). The minimum absolute atomic E-state index is 0.0574. The number of rotatable bonds is 3. The van der Waals surface area contributed by atoms with Crippen LogP contribution in [0.3, 0.4) is 0 Å². The van der Waals surface area contributed by atoms with Crippen LogP contribution in [0.15, 0.2) is 23.8 Å². The van der Waals surface area contributed by atoms with Crippen LogP contribution < -0.4 is 0 Å². The third-order valence-electron chi connectivity index (χ3n) is 3.89. The van der Waals surface area contributed by atoms with Gasteiger partial charge in [0.1, 0.15) is 16.8 Å². The minimum atomic E-state index is -0.0574. The van der Waals surface area contributed by atoms with Crippen LogP contribution in [0, 0.1) is 17.2 Å². The lowest BCUT2D eigenvalue weighted by molar-refractivity contribution is 0.0765. The van der Waals surface area contributed by atoms with Crippen LogP contribution in [0.5, 0.6) is 0 Å². The van der Waals surface area contributed by atoms with Gasteiger partial charge in [-0.15, -0.1) is 11.3 Å². The Morgan fingerprint density at radius 1 is 1.67 bits per heavy atom. The highest BCUT2D eigenvalue weighted by Crippen LogP contribution is 2.22. The predicted molar refractivity (Wildman–Crippen MR) is 80.0 cm³/mol. The van der Waals surface area contributed by atoms with Crippen molar-refractivity contribution in [1.82, 2.24) is 14.5 Å². The van der Waals surface area contributed by atoms with Gasteiger partial charge in [0.15, 0.2) is 0 Å². The molecule has 108 valence electrons. The Morgan fingerprint density at radius 2 is 2.52 bits per heavy atom. The van der Waals surface area contributed by atoms with Gasteiger partial charge < -0.3 is 9.47 Å². The minimum Gasteiger partial charge on any atom is -0.341 e. The molecule has 0 unspecified atom stereocenters. The average Bonchev–Trinajstić information content (AvgIpc) is 3.14. The molecule has 1 amide bonds. The van der Waals surface area contributed by atoms with Gasteiger partial charge in [-0.3, -0.25) is 4.79 Å². The zero-order valence-corrected chi connectivity index (χ0v) is 12.6. The molecule has 2 aromatic rings. The first-order valence-electron chi connectivity index (χ1n) is 6.92. The van der Waals surface area contributed by atoms with Crippen LogP contribution in [0.1, 0.15) is 27.5 Å². The maximum absolute atomic E-state index is 12.4. The first kappa shape index (κ1) is 13.8. The fourth-order valence-electron chi connectivity index (χ4n) is 2.79. The molecule has 0 saturated heterocycles. The molecule has 0 fully saturated rings. The maximum atomic E-state index is 12.4. The third kappa shape index (κ3) is 2.69. The van der Waals surface area contributed by atoms with Crippen molar-refractivity contribution in [3.63, 3.8) is 0 Å². The highest BCUT2D eigenvalue weighted by atomic mass is 32.1. The SMILES string of the molecule is CN(C[C@@H]1CCc2nccn2C1)C(=O)c1sccc1C#N. The van der Waals surface area contributed by atoms with Crippen LogP contribution in [0.2, 0.25) is 0 Å². The lowest BCUT2D eigenvalue weighted by Crippen LogP contribution is -2.35.